The quantitative estimate of drug-likeness (QED) is 0.769. The van der Waals surface area contributed by atoms with Gasteiger partial charge in [-0.3, -0.25) is 4.79 Å². The Balaban J connectivity index is 1.87. The van der Waals surface area contributed by atoms with Crippen LogP contribution in [0.3, 0.4) is 0 Å². The maximum absolute atomic E-state index is 11.7. The number of carbonyl (C=O) groups is 1. The highest BCUT2D eigenvalue weighted by Crippen LogP contribution is 2.32. The summed E-state index contributed by atoms with van der Waals surface area (Å²) in [5, 5.41) is 2.96. The van der Waals surface area contributed by atoms with E-state index in [-0.39, 0.29) is 5.91 Å². The first kappa shape index (κ1) is 12.4. The number of nitrogens with one attached hydrogen (secondary N) is 1. The van der Waals surface area contributed by atoms with Gasteiger partial charge in [0, 0.05) is 18.0 Å². The predicted molar refractivity (Wildman–Crippen MR) is 71.5 cm³/mol. The summed E-state index contributed by atoms with van der Waals surface area (Å²) in [5.41, 5.74) is 2.14. The molecule has 3 heteroatoms. The maximum Gasteiger partial charge on any atom is 0.224 e. The van der Waals surface area contributed by atoms with Crippen molar-refractivity contribution >= 4 is 23.2 Å². The Morgan fingerprint density at radius 1 is 1.41 bits per heavy atom. The van der Waals surface area contributed by atoms with Gasteiger partial charge in [-0.1, -0.05) is 12.1 Å². The molecule has 0 aromatic heterocycles. The van der Waals surface area contributed by atoms with Crippen molar-refractivity contribution in [2.45, 2.75) is 32.1 Å². The second-order valence-corrected chi connectivity index (χ2v) is 5.07. The first-order valence-electron chi connectivity index (χ1n) is 6.22. The summed E-state index contributed by atoms with van der Waals surface area (Å²) < 4.78 is 0. The number of rotatable bonds is 6. The molecule has 0 saturated heterocycles. The van der Waals surface area contributed by atoms with Crippen molar-refractivity contribution in [3.05, 3.63) is 29.8 Å². The SMILES string of the molecule is O=C(CC1CC1)Nc1cccc(CCCCl)c1. The van der Waals surface area contributed by atoms with Gasteiger partial charge in [0.2, 0.25) is 5.91 Å². The van der Waals surface area contributed by atoms with E-state index < -0.39 is 0 Å². The molecule has 0 unspecified atom stereocenters. The normalized spacial score (nSPS) is 14.6. The van der Waals surface area contributed by atoms with Crippen molar-refractivity contribution in [3.63, 3.8) is 0 Å². The van der Waals surface area contributed by atoms with Crippen LogP contribution < -0.4 is 5.32 Å². The van der Waals surface area contributed by atoms with Gasteiger partial charge in [-0.05, 0) is 49.3 Å². The average molecular weight is 252 g/mol. The van der Waals surface area contributed by atoms with Gasteiger partial charge in [-0.2, -0.15) is 0 Å². The monoisotopic (exact) mass is 251 g/mol. The lowest BCUT2D eigenvalue weighted by atomic mass is 10.1. The Bertz CT molecular complexity index is 388. The number of halogens is 1. The zero-order valence-electron chi connectivity index (χ0n) is 9.92. The molecule has 0 spiro atoms. The van der Waals surface area contributed by atoms with Crippen LogP contribution in [0.15, 0.2) is 24.3 Å². The molecule has 1 aliphatic rings. The van der Waals surface area contributed by atoms with Crippen LogP contribution in [-0.4, -0.2) is 11.8 Å². The summed E-state index contributed by atoms with van der Waals surface area (Å²) in [5.74, 6) is 1.45. The zero-order chi connectivity index (χ0) is 12.1. The molecule has 0 bridgehead atoms. The smallest absolute Gasteiger partial charge is 0.224 e. The standard InChI is InChI=1S/C14H18ClNO/c15-8-2-4-11-3-1-5-13(9-11)16-14(17)10-12-6-7-12/h1,3,5,9,12H,2,4,6-8,10H2,(H,16,17). The van der Waals surface area contributed by atoms with Gasteiger partial charge in [0.1, 0.15) is 0 Å². The summed E-state index contributed by atoms with van der Waals surface area (Å²) in [6.07, 6.45) is 5.04. The maximum atomic E-state index is 11.7. The van der Waals surface area contributed by atoms with E-state index >= 15 is 0 Å². The number of hydrogen-bond donors (Lipinski definition) is 1. The van der Waals surface area contributed by atoms with Crippen molar-refractivity contribution < 1.29 is 4.79 Å². The summed E-state index contributed by atoms with van der Waals surface area (Å²) in [6, 6.07) is 8.03. The van der Waals surface area contributed by atoms with Crippen LogP contribution in [0.1, 0.15) is 31.2 Å². The molecule has 0 heterocycles. The van der Waals surface area contributed by atoms with Gasteiger partial charge in [-0.15, -0.1) is 11.6 Å². The minimum atomic E-state index is 0.141. The summed E-state index contributed by atoms with van der Waals surface area (Å²) in [7, 11) is 0. The van der Waals surface area contributed by atoms with E-state index in [1.54, 1.807) is 0 Å². The summed E-state index contributed by atoms with van der Waals surface area (Å²) in [4.78, 5) is 11.7. The van der Waals surface area contributed by atoms with E-state index in [1.165, 1.54) is 18.4 Å². The average Bonchev–Trinajstić information content (AvgIpc) is 3.10. The molecule has 2 nitrogen and oxygen atoms in total. The summed E-state index contributed by atoms with van der Waals surface area (Å²) >= 11 is 5.67. The second kappa shape index (κ2) is 6.06. The van der Waals surface area contributed by atoms with Crippen LogP contribution in [0.4, 0.5) is 5.69 Å². The molecule has 17 heavy (non-hydrogen) atoms. The van der Waals surface area contributed by atoms with Crippen molar-refractivity contribution in [2.24, 2.45) is 5.92 Å². The third kappa shape index (κ3) is 4.39. The molecular formula is C14H18ClNO. The molecule has 1 aromatic rings. The van der Waals surface area contributed by atoms with Crippen LogP contribution in [0.5, 0.6) is 0 Å². The minimum absolute atomic E-state index is 0.141. The van der Waals surface area contributed by atoms with E-state index in [9.17, 15) is 4.79 Å². The molecule has 1 saturated carbocycles. The Labute approximate surface area is 107 Å². The van der Waals surface area contributed by atoms with Gasteiger partial charge in [-0.25, -0.2) is 0 Å². The molecule has 1 aromatic carbocycles. The van der Waals surface area contributed by atoms with Gasteiger partial charge in [0.05, 0.1) is 0 Å². The number of alkyl halides is 1. The highest BCUT2D eigenvalue weighted by molar-refractivity contribution is 6.17. The van der Waals surface area contributed by atoms with Crippen molar-refractivity contribution in [1.82, 2.24) is 0 Å². The zero-order valence-corrected chi connectivity index (χ0v) is 10.7. The fourth-order valence-corrected chi connectivity index (χ4v) is 2.01. The Morgan fingerprint density at radius 3 is 2.94 bits per heavy atom. The van der Waals surface area contributed by atoms with Gasteiger partial charge >= 0.3 is 0 Å². The molecule has 0 radical (unpaired) electrons. The topological polar surface area (TPSA) is 29.1 Å². The minimum Gasteiger partial charge on any atom is -0.326 e. The lowest BCUT2D eigenvalue weighted by molar-refractivity contribution is -0.116. The Hall–Kier alpha value is -1.02. The van der Waals surface area contributed by atoms with Crippen LogP contribution >= 0.6 is 11.6 Å². The van der Waals surface area contributed by atoms with E-state index in [1.807, 2.05) is 18.2 Å². The molecule has 0 aliphatic heterocycles. The number of benzene rings is 1. The van der Waals surface area contributed by atoms with E-state index in [2.05, 4.69) is 11.4 Å². The fraction of sp³-hybridized carbons (Fsp3) is 0.500. The van der Waals surface area contributed by atoms with E-state index in [4.69, 9.17) is 11.6 Å². The van der Waals surface area contributed by atoms with Crippen molar-refractivity contribution in [1.29, 1.82) is 0 Å². The lowest BCUT2D eigenvalue weighted by Gasteiger charge is -2.06. The molecule has 0 atom stereocenters. The van der Waals surface area contributed by atoms with Crippen LogP contribution in [0.2, 0.25) is 0 Å². The number of anilines is 1. The largest absolute Gasteiger partial charge is 0.326 e. The Morgan fingerprint density at radius 2 is 2.24 bits per heavy atom. The number of hydrogen-bond acceptors (Lipinski definition) is 1. The summed E-state index contributed by atoms with van der Waals surface area (Å²) in [6.45, 7) is 0. The number of amides is 1. The molecule has 1 amide bonds. The second-order valence-electron chi connectivity index (χ2n) is 4.69. The Kier molecular flexibility index (Phi) is 4.43. The number of aryl methyl sites for hydroxylation is 1. The third-order valence-corrected chi connectivity index (χ3v) is 3.25. The highest BCUT2D eigenvalue weighted by Gasteiger charge is 2.24. The fourth-order valence-electron chi connectivity index (χ4n) is 1.87. The van der Waals surface area contributed by atoms with Crippen LogP contribution in [0.25, 0.3) is 0 Å². The first-order valence-corrected chi connectivity index (χ1v) is 6.76. The molecule has 1 aliphatic carbocycles. The number of carbonyl (C=O) groups excluding carboxylic acids is 1. The predicted octanol–water partition coefficient (Wildman–Crippen LogP) is 3.60. The van der Waals surface area contributed by atoms with Crippen molar-refractivity contribution in [3.8, 4) is 0 Å². The first-order chi connectivity index (χ1) is 8.28. The van der Waals surface area contributed by atoms with Crippen LogP contribution in [0, 0.1) is 5.92 Å². The molecular weight excluding hydrogens is 234 g/mol. The molecule has 1 fully saturated rings. The van der Waals surface area contributed by atoms with E-state index in [0.717, 1.165) is 18.5 Å². The molecule has 1 N–H and O–H groups in total. The van der Waals surface area contributed by atoms with Crippen molar-refractivity contribution in [2.75, 3.05) is 11.2 Å². The van der Waals surface area contributed by atoms with Gasteiger partial charge in [0.15, 0.2) is 0 Å². The van der Waals surface area contributed by atoms with E-state index in [0.29, 0.717) is 18.2 Å². The molecule has 2 rings (SSSR count). The third-order valence-electron chi connectivity index (χ3n) is 2.98. The van der Waals surface area contributed by atoms with Gasteiger partial charge in [0.25, 0.3) is 0 Å². The lowest BCUT2D eigenvalue weighted by Crippen LogP contribution is -2.12. The van der Waals surface area contributed by atoms with Gasteiger partial charge < -0.3 is 5.32 Å². The van der Waals surface area contributed by atoms with Crippen LogP contribution in [-0.2, 0) is 11.2 Å². The highest BCUT2D eigenvalue weighted by atomic mass is 35.5. The molecule has 92 valence electrons.